The van der Waals surface area contributed by atoms with E-state index < -0.39 is 0 Å². The number of benzene rings is 1. The molecule has 2 heteroatoms. The summed E-state index contributed by atoms with van der Waals surface area (Å²) in [6, 6.07) is 8.54. The Bertz CT molecular complexity index is 305. The Balaban J connectivity index is 2.79. The molecule has 0 aliphatic heterocycles. The standard InChI is InChI=1S/C13H19IO/c1-10(2)13(3,9-15)8-11-4-6-12(14)7-5-11/h4-7,10,15H,8-9H2,1-3H3. The van der Waals surface area contributed by atoms with Crippen molar-refractivity contribution in [1.29, 1.82) is 0 Å². The first-order valence-corrected chi connectivity index (χ1v) is 6.41. The molecule has 1 aromatic rings. The zero-order chi connectivity index (χ0) is 11.5. The first-order valence-electron chi connectivity index (χ1n) is 5.33. The van der Waals surface area contributed by atoms with Crippen molar-refractivity contribution in [2.45, 2.75) is 27.2 Å². The number of aliphatic hydroxyl groups excluding tert-OH is 1. The lowest BCUT2D eigenvalue weighted by Gasteiger charge is -2.31. The summed E-state index contributed by atoms with van der Waals surface area (Å²) in [6.45, 7) is 6.73. The molecule has 0 amide bonds. The molecular weight excluding hydrogens is 299 g/mol. The third-order valence-corrected chi connectivity index (χ3v) is 4.00. The lowest BCUT2D eigenvalue weighted by Crippen LogP contribution is -2.30. The van der Waals surface area contributed by atoms with E-state index in [4.69, 9.17) is 0 Å². The van der Waals surface area contributed by atoms with Crippen molar-refractivity contribution in [2.24, 2.45) is 11.3 Å². The van der Waals surface area contributed by atoms with E-state index in [-0.39, 0.29) is 12.0 Å². The number of rotatable bonds is 4. The summed E-state index contributed by atoms with van der Waals surface area (Å²) < 4.78 is 1.26. The molecule has 1 rings (SSSR count). The molecule has 0 heterocycles. The molecule has 1 atom stereocenters. The van der Waals surface area contributed by atoms with Crippen LogP contribution < -0.4 is 0 Å². The van der Waals surface area contributed by atoms with E-state index in [1.165, 1.54) is 9.13 Å². The molecule has 15 heavy (non-hydrogen) atoms. The summed E-state index contributed by atoms with van der Waals surface area (Å²) >= 11 is 2.31. The van der Waals surface area contributed by atoms with Crippen molar-refractivity contribution in [1.82, 2.24) is 0 Å². The highest BCUT2D eigenvalue weighted by Gasteiger charge is 2.27. The van der Waals surface area contributed by atoms with Gasteiger partial charge in [-0.25, -0.2) is 0 Å². The summed E-state index contributed by atoms with van der Waals surface area (Å²) in [5.74, 6) is 0.488. The van der Waals surface area contributed by atoms with Gasteiger partial charge in [-0.1, -0.05) is 32.9 Å². The Morgan fingerprint density at radius 2 is 1.80 bits per heavy atom. The number of hydrogen-bond donors (Lipinski definition) is 1. The summed E-state index contributed by atoms with van der Waals surface area (Å²) in [4.78, 5) is 0. The predicted molar refractivity (Wildman–Crippen MR) is 72.9 cm³/mol. The molecule has 0 spiro atoms. The number of halogens is 1. The largest absolute Gasteiger partial charge is 0.396 e. The zero-order valence-corrected chi connectivity index (χ0v) is 11.8. The minimum Gasteiger partial charge on any atom is -0.396 e. The molecule has 0 radical (unpaired) electrons. The van der Waals surface area contributed by atoms with Crippen LogP contribution in [0.25, 0.3) is 0 Å². The van der Waals surface area contributed by atoms with Gasteiger partial charge in [0.1, 0.15) is 0 Å². The van der Waals surface area contributed by atoms with Crippen LogP contribution in [0.1, 0.15) is 26.3 Å². The topological polar surface area (TPSA) is 20.2 Å². The zero-order valence-electron chi connectivity index (χ0n) is 9.63. The normalized spacial score (nSPS) is 15.3. The van der Waals surface area contributed by atoms with E-state index in [9.17, 15) is 5.11 Å². The fourth-order valence-electron chi connectivity index (χ4n) is 1.51. The minimum absolute atomic E-state index is 0.00715. The van der Waals surface area contributed by atoms with Gasteiger partial charge in [0, 0.05) is 10.2 Å². The van der Waals surface area contributed by atoms with Crippen LogP contribution in [0.2, 0.25) is 0 Å². The molecule has 0 bridgehead atoms. The fraction of sp³-hybridized carbons (Fsp3) is 0.538. The monoisotopic (exact) mass is 318 g/mol. The Kier molecular flexibility index (Phi) is 4.59. The quantitative estimate of drug-likeness (QED) is 0.843. The third kappa shape index (κ3) is 3.45. The van der Waals surface area contributed by atoms with Gasteiger partial charge in [0.25, 0.3) is 0 Å². The molecule has 1 aromatic carbocycles. The van der Waals surface area contributed by atoms with E-state index >= 15 is 0 Å². The van der Waals surface area contributed by atoms with Crippen LogP contribution in [-0.2, 0) is 6.42 Å². The van der Waals surface area contributed by atoms with Gasteiger partial charge in [-0.05, 0) is 58.0 Å². The van der Waals surface area contributed by atoms with Crippen LogP contribution in [0.15, 0.2) is 24.3 Å². The van der Waals surface area contributed by atoms with Crippen LogP contribution in [-0.4, -0.2) is 11.7 Å². The van der Waals surface area contributed by atoms with Crippen LogP contribution >= 0.6 is 22.6 Å². The molecule has 1 nitrogen and oxygen atoms in total. The second-order valence-corrected chi connectivity index (χ2v) is 6.02. The van der Waals surface area contributed by atoms with Crippen molar-refractivity contribution in [2.75, 3.05) is 6.61 Å². The van der Waals surface area contributed by atoms with E-state index in [0.29, 0.717) is 5.92 Å². The van der Waals surface area contributed by atoms with Crippen molar-refractivity contribution in [3.8, 4) is 0 Å². The van der Waals surface area contributed by atoms with Gasteiger partial charge in [-0.3, -0.25) is 0 Å². The van der Waals surface area contributed by atoms with Crippen LogP contribution in [0.4, 0.5) is 0 Å². The Labute approximate surface area is 106 Å². The van der Waals surface area contributed by atoms with Crippen LogP contribution in [0, 0.1) is 14.9 Å². The predicted octanol–water partition coefficient (Wildman–Crippen LogP) is 3.49. The van der Waals surface area contributed by atoms with Crippen LogP contribution in [0.5, 0.6) is 0 Å². The van der Waals surface area contributed by atoms with Gasteiger partial charge >= 0.3 is 0 Å². The summed E-state index contributed by atoms with van der Waals surface area (Å²) in [5, 5.41) is 9.47. The first-order chi connectivity index (χ1) is 6.98. The Morgan fingerprint density at radius 3 is 2.20 bits per heavy atom. The van der Waals surface area contributed by atoms with Crippen molar-refractivity contribution in [3.63, 3.8) is 0 Å². The molecule has 0 fully saturated rings. The van der Waals surface area contributed by atoms with E-state index in [1.807, 2.05) is 0 Å². The van der Waals surface area contributed by atoms with Gasteiger partial charge < -0.3 is 5.11 Å². The lowest BCUT2D eigenvalue weighted by atomic mass is 9.75. The lowest BCUT2D eigenvalue weighted by molar-refractivity contribution is 0.0947. The van der Waals surface area contributed by atoms with Gasteiger partial charge in [-0.15, -0.1) is 0 Å². The average Bonchev–Trinajstić information content (AvgIpc) is 2.21. The van der Waals surface area contributed by atoms with Crippen molar-refractivity contribution >= 4 is 22.6 Å². The number of aliphatic hydroxyl groups is 1. The minimum atomic E-state index is -0.00715. The molecule has 0 aromatic heterocycles. The molecule has 0 saturated carbocycles. The molecular formula is C13H19IO. The van der Waals surface area contributed by atoms with Gasteiger partial charge in [-0.2, -0.15) is 0 Å². The molecule has 1 N–H and O–H groups in total. The second kappa shape index (κ2) is 5.30. The van der Waals surface area contributed by atoms with Crippen molar-refractivity contribution < 1.29 is 5.11 Å². The van der Waals surface area contributed by atoms with Crippen molar-refractivity contribution in [3.05, 3.63) is 33.4 Å². The first kappa shape index (κ1) is 13.0. The smallest absolute Gasteiger partial charge is 0.0490 e. The maximum Gasteiger partial charge on any atom is 0.0490 e. The highest BCUT2D eigenvalue weighted by Crippen LogP contribution is 2.30. The highest BCUT2D eigenvalue weighted by molar-refractivity contribution is 14.1. The average molecular weight is 318 g/mol. The summed E-state index contributed by atoms with van der Waals surface area (Å²) in [6.07, 6.45) is 0.943. The molecule has 0 aliphatic carbocycles. The van der Waals surface area contributed by atoms with Gasteiger partial charge in [0.05, 0.1) is 0 Å². The summed E-state index contributed by atoms with van der Waals surface area (Å²) in [5.41, 5.74) is 1.30. The molecule has 1 unspecified atom stereocenters. The van der Waals surface area contributed by atoms with E-state index in [1.54, 1.807) is 0 Å². The second-order valence-electron chi connectivity index (χ2n) is 4.77. The van der Waals surface area contributed by atoms with Gasteiger partial charge in [0.2, 0.25) is 0 Å². The Morgan fingerprint density at radius 1 is 1.27 bits per heavy atom. The maximum atomic E-state index is 9.47. The Hall–Kier alpha value is -0.0900. The highest BCUT2D eigenvalue weighted by atomic mass is 127. The summed E-state index contributed by atoms with van der Waals surface area (Å²) in [7, 11) is 0. The molecule has 0 aliphatic rings. The molecule has 84 valence electrons. The van der Waals surface area contributed by atoms with E-state index in [0.717, 1.165) is 6.42 Å². The van der Waals surface area contributed by atoms with E-state index in [2.05, 4.69) is 67.6 Å². The van der Waals surface area contributed by atoms with Crippen LogP contribution in [0.3, 0.4) is 0 Å². The molecule has 0 saturated heterocycles. The number of hydrogen-bond acceptors (Lipinski definition) is 1. The fourth-order valence-corrected chi connectivity index (χ4v) is 1.87. The maximum absolute atomic E-state index is 9.47. The SMILES string of the molecule is CC(C)C(C)(CO)Cc1ccc(I)cc1. The third-order valence-electron chi connectivity index (χ3n) is 3.28. The van der Waals surface area contributed by atoms with Gasteiger partial charge in [0.15, 0.2) is 0 Å².